The number of ether oxygens (including phenoxy) is 2. The number of allylic oxidation sites excluding steroid dienone is 4. The number of hydrogen-bond donors (Lipinski definition) is 3. The molecule has 196 valence electrons. The third-order valence-electron chi connectivity index (χ3n) is 12.4. The van der Waals surface area contributed by atoms with Gasteiger partial charge in [0, 0.05) is 11.8 Å². The van der Waals surface area contributed by atoms with Crippen molar-refractivity contribution in [2.24, 2.45) is 39.4 Å². The molecule has 0 radical (unpaired) electrons. The standard InChI is InChI=1S/C30H46O5/c1-17-14-30(24(32)29(7,33)16-34-30)35-20-15-28(6)19-8-9-21-25(2,3)22(31)11-12-26(21,4)18(19)10-13-27(28,5)23(17)20/h8,10,17,20-24,31-33H,9,11-16H2,1-7H3. The number of fused-ring (bicyclic) bond motifs is 7. The lowest BCUT2D eigenvalue weighted by atomic mass is 9.44. The van der Waals surface area contributed by atoms with E-state index in [1.54, 1.807) is 6.92 Å². The Morgan fingerprint density at radius 1 is 0.971 bits per heavy atom. The minimum atomic E-state index is -1.28. The van der Waals surface area contributed by atoms with Crippen LogP contribution >= 0.6 is 0 Å². The molecule has 35 heavy (non-hydrogen) atoms. The van der Waals surface area contributed by atoms with Crippen LogP contribution in [-0.4, -0.2) is 51.6 Å². The zero-order chi connectivity index (χ0) is 25.4. The number of aliphatic hydroxyl groups is 3. The summed E-state index contributed by atoms with van der Waals surface area (Å²) in [6.07, 6.45) is 9.24. The fourth-order valence-corrected chi connectivity index (χ4v) is 10.2. The van der Waals surface area contributed by atoms with Gasteiger partial charge in [0.25, 0.3) is 0 Å². The minimum absolute atomic E-state index is 0.0129. The SMILES string of the molecule is CC1CC2(OCC(C)(O)C2O)OC2CC3(C)C4=CCC5C(C)(CCC(O)C5(C)C)C4=CCC3(C)C12. The third kappa shape index (κ3) is 2.83. The van der Waals surface area contributed by atoms with Crippen LogP contribution in [0, 0.1) is 39.4 Å². The molecular formula is C30H46O5. The van der Waals surface area contributed by atoms with E-state index in [1.807, 2.05) is 0 Å². The molecule has 4 fully saturated rings. The molecule has 11 unspecified atom stereocenters. The van der Waals surface area contributed by atoms with Gasteiger partial charge in [0.15, 0.2) is 5.79 Å². The maximum Gasteiger partial charge on any atom is 0.198 e. The second kappa shape index (κ2) is 7.02. The van der Waals surface area contributed by atoms with Gasteiger partial charge in [-0.3, -0.25) is 0 Å². The normalized spacial score (nSPS) is 58.7. The Kier molecular flexibility index (Phi) is 4.94. The highest BCUT2D eigenvalue weighted by atomic mass is 16.7. The monoisotopic (exact) mass is 486 g/mol. The van der Waals surface area contributed by atoms with Gasteiger partial charge >= 0.3 is 0 Å². The summed E-state index contributed by atoms with van der Waals surface area (Å²) < 4.78 is 12.8. The molecule has 0 amide bonds. The summed E-state index contributed by atoms with van der Waals surface area (Å²) in [4.78, 5) is 0. The summed E-state index contributed by atoms with van der Waals surface area (Å²) in [7, 11) is 0. The van der Waals surface area contributed by atoms with Crippen molar-refractivity contribution in [3.63, 3.8) is 0 Å². The van der Waals surface area contributed by atoms with E-state index in [-0.39, 0.29) is 40.5 Å². The third-order valence-corrected chi connectivity index (χ3v) is 12.4. The molecular weight excluding hydrogens is 440 g/mol. The van der Waals surface area contributed by atoms with Gasteiger partial charge < -0.3 is 24.8 Å². The van der Waals surface area contributed by atoms with E-state index in [0.717, 1.165) is 32.1 Å². The molecule has 2 saturated carbocycles. The zero-order valence-corrected chi connectivity index (χ0v) is 22.7. The van der Waals surface area contributed by atoms with Gasteiger partial charge in [-0.2, -0.15) is 0 Å². The molecule has 0 aromatic heterocycles. The molecule has 0 aromatic rings. The summed E-state index contributed by atoms with van der Waals surface area (Å²) in [6, 6.07) is 0. The Morgan fingerprint density at radius 3 is 2.34 bits per heavy atom. The van der Waals surface area contributed by atoms with Crippen molar-refractivity contribution in [3.05, 3.63) is 23.3 Å². The highest BCUT2D eigenvalue weighted by molar-refractivity contribution is 5.50. The largest absolute Gasteiger partial charge is 0.393 e. The van der Waals surface area contributed by atoms with Crippen LogP contribution in [0.2, 0.25) is 0 Å². The molecule has 5 nitrogen and oxygen atoms in total. The van der Waals surface area contributed by atoms with Crippen molar-refractivity contribution in [2.75, 3.05) is 6.61 Å². The van der Waals surface area contributed by atoms with Crippen LogP contribution in [0.5, 0.6) is 0 Å². The Labute approximate surface area is 211 Å². The van der Waals surface area contributed by atoms with Crippen molar-refractivity contribution in [1.82, 2.24) is 0 Å². The van der Waals surface area contributed by atoms with Gasteiger partial charge in [0.1, 0.15) is 11.7 Å². The number of rotatable bonds is 0. The predicted octanol–water partition coefficient (Wildman–Crippen LogP) is 4.75. The van der Waals surface area contributed by atoms with Crippen LogP contribution in [0.25, 0.3) is 0 Å². The van der Waals surface area contributed by atoms with Crippen molar-refractivity contribution < 1.29 is 24.8 Å². The minimum Gasteiger partial charge on any atom is -0.393 e. The van der Waals surface area contributed by atoms with Gasteiger partial charge in [0.2, 0.25) is 0 Å². The summed E-state index contributed by atoms with van der Waals surface area (Å²) >= 11 is 0. The topological polar surface area (TPSA) is 79.2 Å². The van der Waals surface area contributed by atoms with E-state index in [4.69, 9.17) is 9.47 Å². The lowest BCUT2D eigenvalue weighted by Gasteiger charge is -2.61. The summed E-state index contributed by atoms with van der Waals surface area (Å²) in [5, 5.41) is 32.6. The molecule has 2 saturated heterocycles. The molecule has 2 heterocycles. The molecule has 6 rings (SSSR count). The van der Waals surface area contributed by atoms with Crippen LogP contribution in [0.1, 0.15) is 87.0 Å². The van der Waals surface area contributed by atoms with Crippen LogP contribution in [0.3, 0.4) is 0 Å². The lowest BCUT2D eigenvalue weighted by molar-refractivity contribution is -0.312. The van der Waals surface area contributed by atoms with Gasteiger partial charge in [-0.1, -0.05) is 53.7 Å². The first-order chi connectivity index (χ1) is 16.1. The molecule has 5 heteroatoms. The lowest BCUT2D eigenvalue weighted by Crippen LogP contribution is -2.58. The number of hydrogen-bond acceptors (Lipinski definition) is 5. The quantitative estimate of drug-likeness (QED) is 0.461. The van der Waals surface area contributed by atoms with Crippen LogP contribution < -0.4 is 0 Å². The first-order valence-electron chi connectivity index (χ1n) is 13.9. The van der Waals surface area contributed by atoms with E-state index in [0.29, 0.717) is 24.2 Å². The fourth-order valence-electron chi connectivity index (χ4n) is 10.2. The van der Waals surface area contributed by atoms with Crippen molar-refractivity contribution in [3.8, 4) is 0 Å². The van der Waals surface area contributed by atoms with E-state index < -0.39 is 17.5 Å². The Hall–Kier alpha value is -0.720. The molecule has 11 atom stereocenters. The Bertz CT molecular complexity index is 997. The van der Waals surface area contributed by atoms with E-state index in [2.05, 4.69) is 53.7 Å². The molecule has 0 aromatic carbocycles. The zero-order valence-electron chi connectivity index (χ0n) is 22.7. The van der Waals surface area contributed by atoms with Crippen molar-refractivity contribution in [2.45, 2.75) is 117 Å². The van der Waals surface area contributed by atoms with Crippen LogP contribution in [-0.2, 0) is 9.47 Å². The summed E-state index contributed by atoms with van der Waals surface area (Å²) in [5.74, 6) is 0.0130. The molecule has 6 aliphatic rings. The van der Waals surface area contributed by atoms with Crippen LogP contribution in [0.4, 0.5) is 0 Å². The van der Waals surface area contributed by atoms with E-state index in [9.17, 15) is 15.3 Å². The first kappa shape index (κ1) is 24.6. The van der Waals surface area contributed by atoms with Gasteiger partial charge in [-0.15, -0.1) is 0 Å². The second-order valence-corrected chi connectivity index (χ2v) is 14.7. The average molecular weight is 487 g/mol. The highest BCUT2D eigenvalue weighted by Gasteiger charge is 2.70. The van der Waals surface area contributed by atoms with Gasteiger partial charge in [0.05, 0.1) is 18.8 Å². The van der Waals surface area contributed by atoms with Crippen molar-refractivity contribution in [1.29, 1.82) is 0 Å². The maximum atomic E-state index is 11.0. The summed E-state index contributed by atoms with van der Waals surface area (Å²) in [5.41, 5.74) is 1.78. The van der Waals surface area contributed by atoms with Gasteiger partial charge in [-0.25, -0.2) is 0 Å². The number of aliphatic hydroxyl groups excluding tert-OH is 2. The molecule has 2 aliphatic heterocycles. The first-order valence-corrected chi connectivity index (χ1v) is 13.9. The van der Waals surface area contributed by atoms with E-state index >= 15 is 0 Å². The smallest absolute Gasteiger partial charge is 0.198 e. The fraction of sp³-hybridized carbons (Fsp3) is 0.867. The summed E-state index contributed by atoms with van der Waals surface area (Å²) in [6.45, 7) is 15.9. The van der Waals surface area contributed by atoms with Crippen LogP contribution in [0.15, 0.2) is 23.3 Å². The molecule has 4 aliphatic carbocycles. The molecule has 3 N–H and O–H groups in total. The Balaban J connectivity index is 1.39. The predicted molar refractivity (Wildman–Crippen MR) is 134 cm³/mol. The molecule has 0 bridgehead atoms. The Morgan fingerprint density at radius 2 is 1.69 bits per heavy atom. The van der Waals surface area contributed by atoms with Gasteiger partial charge in [-0.05, 0) is 84.2 Å². The second-order valence-electron chi connectivity index (χ2n) is 14.7. The van der Waals surface area contributed by atoms with E-state index in [1.165, 1.54) is 11.1 Å². The highest BCUT2D eigenvalue weighted by Crippen LogP contribution is 2.73. The molecule has 1 spiro atoms. The maximum absolute atomic E-state index is 11.0. The average Bonchev–Trinajstić information content (AvgIpc) is 3.13. The van der Waals surface area contributed by atoms with Crippen molar-refractivity contribution >= 4 is 0 Å².